The first-order valence-corrected chi connectivity index (χ1v) is 4.93. The van der Waals surface area contributed by atoms with E-state index in [-0.39, 0.29) is 0 Å². The zero-order chi connectivity index (χ0) is 8.81. The molecule has 0 bridgehead atoms. The van der Waals surface area contributed by atoms with Crippen LogP contribution in [-0.2, 0) is 4.79 Å². The van der Waals surface area contributed by atoms with Gasteiger partial charge in [-0.2, -0.15) is 0 Å². The van der Waals surface area contributed by atoms with E-state index in [1.165, 1.54) is 11.3 Å². The predicted molar refractivity (Wildman–Crippen MR) is 50.4 cm³/mol. The van der Waals surface area contributed by atoms with Crippen molar-refractivity contribution < 1.29 is 4.79 Å². The van der Waals surface area contributed by atoms with Crippen molar-refractivity contribution in [2.45, 2.75) is 19.8 Å². The van der Waals surface area contributed by atoms with Crippen molar-refractivity contribution >= 4 is 23.6 Å². The molecule has 0 saturated heterocycles. The minimum absolute atomic E-state index is 0.767. The minimum atomic E-state index is 0.767. The van der Waals surface area contributed by atoms with Crippen molar-refractivity contribution in [1.29, 1.82) is 0 Å². The highest BCUT2D eigenvalue weighted by atomic mass is 32.1. The molecule has 12 heavy (non-hydrogen) atoms. The Morgan fingerprint density at radius 1 is 1.75 bits per heavy atom. The van der Waals surface area contributed by atoms with E-state index in [2.05, 4.69) is 11.9 Å². The van der Waals surface area contributed by atoms with Crippen molar-refractivity contribution in [3.05, 3.63) is 10.9 Å². The lowest BCUT2D eigenvalue weighted by molar-refractivity contribution is -0.107. The summed E-state index contributed by atoms with van der Waals surface area (Å²) in [6, 6.07) is 0. The van der Waals surface area contributed by atoms with Gasteiger partial charge in [0.25, 0.3) is 0 Å². The van der Waals surface area contributed by atoms with Gasteiger partial charge in [-0.3, -0.25) is 9.69 Å². The molecule has 0 saturated carbocycles. The van der Waals surface area contributed by atoms with Crippen molar-refractivity contribution in [1.82, 2.24) is 4.98 Å². The Balaban J connectivity index is 2.51. The molecular formula is C8H12N2OS. The number of unbranched alkanes of at least 4 members (excludes halogenated alkanes) is 1. The van der Waals surface area contributed by atoms with Gasteiger partial charge in [0.15, 0.2) is 0 Å². The minimum Gasteiger partial charge on any atom is -0.299 e. The Hall–Kier alpha value is -0.900. The second-order valence-corrected chi connectivity index (χ2v) is 3.22. The van der Waals surface area contributed by atoms with Crippen LogP contribution in [0, 0.1) is 0 Å². The monoisotopic (exact) mass is 184 g/mol. The first kappa shape index (κ1) is 9.19. The van der Waals surface area contributed by atoms with Crippen molar-refractivity contribution in [3.63, 3.8) is 0 Å². The average Bonchev–Trinajstić information content (AvgIpc) is 2.59. The van der Waals surface area contributed by atoms with Gasteiger partial charge in [-0.25, -0.2) is 4.98 Å². The van der Waals surface area contributed by atoms with E-state index < -0.39 is 0 Å². The molecule has 0 spiro atoms. The summed E-state index contributed by atoms with van der Waals surface area (Å²) in [5, 5.41) is 1.88. The van der Waals surface area contributed by atoms with E-state index in [0.717, 1.165) is 31.6 Å². The van der Waals surface area contributed by atoms with E-state index in [1.807, 2.05) is 5.38 Å². The third-order valence-corrected chi connectivity index (χ3v) is 2.17. The fraction of sp³-hybridized carbons (Fsp3) is 0.500. The second kappa shape index (κ2) is 4.87. The molecule has 1 amide bonds. The molecule has 66 valence electrons. The van der Waals surface area contributed by atoms with Crippen molar-refractivity contribution in [2.24, 2.45) is 0 Å². The van der Waals surface area contributed by atoms with Crippen LogP contribution in [0.1, 0.15) is 19.8 Å². The van der Waals surface area contributed by atoms with Crippen LogP contribution < -0.4 is 4.90 Å². The second-order valence-electron chi connectivity index (χ2n) is 2.50. The van der Waals surface area contributed by atoms with E-state index >= 15 is 0 Å². The van der Waals surface area contributed by atoms with E-state index in [1.54, 1.807) is 10.4 Å². The standard InChI is InChI=1S/C8H12N2OS/c1-2-3-4-10(7-11)8-5-12-6-9-8/h5-7H,2-4H2,1H3. The molecule has 0 unspecified atom stereocenters. The number of amides is 1. The zero-order valence-corrected chi connectivity index (χ0v) is 7.88. The summed E-state index contributed by atoms with van der Waals surface area (Å²) in [5.74, 6) is 0.767. The molecule has 1 heterocycles. The molecule has 0 aromatic carbocycles. The third kappa shape index (κ3) is 2.30. The average molecular weight is 184 g/mol. The third-order valence-electron chi connectivity index (χ3n) is 1.59. The zero-order valence-electron chi connectivity index (χ0n) is 7.06. The maximum absolute atomic E-state index is 10.6. The van der Waals surface area contributed by atoms with Crippen LogP contribution in [0.4, 0.5) is 5.82 Å². The van der Waals surface area contributed by atoms with Crippen LogP contribution in [0.25, 0.3) is 0 Å². The molecule has 3 nitrogen and oxygen atoms in total. The van der Waals surface area contributed by atoms with Gasteiger partial charge in [0, 0.05) is 11.9 Å². The Morgan fingerprint density at radius 3 is 3.08 bits per heavy atom. The lowest BCUT2D eigenvalue weighted by Gasteiger charge is -2.12. The number of nitrogens with zero attached hydrogens (tertiary/aromatic N) is 2. The number of hydrogen-bond donors (Lipinski definition) is 0. The van der Waals surface area contributed by atoms with Crippen LogP contribution in [0.3, 0.4) is 0 Å². The molecule has 0 aliphatic heterocycles. The van der Waals surface area contributed by atoms with Gasteiger partial charge < -0.3 is 0 Å². The lowest BCUT2D eigenvalue weighted by atomic mass is 10.3. The summed E-state index contributed by atoms with van der Waals surface area (Å²) in [6.45, 7) is 2.87. The van der Waals surface area contributed by atoms with Gasteiger partial charge in [-0.1, -0.05) is 13.3 Å². The lowest BCUT2D eigenvalue weighted by Crippen LogP contribution is -2.22. The van der Waals surface area contributed by atoms with E-state index in [0.29, 0.717) is 0 Å². The number of carbonyl (C=O) groups is 1. The summed E-state index contributed by atoms with van der Waals surface area (Å²) < 4.78 is 0. The number of carbonyl (C=O) groups excluding carboxylic acids is 1. The molecule has 0 atom stereocenters. The number of rotatable bonds is 5. The molecule has 1 rings (SSSR count). The Kier molecular flexibility index (Phi) is 3.73. The number of aromatic nitrogens is 1. The van der Waals surface area contributed by atoms with Crippen LogP contribution in [0.5, 0.6) is 0 Å². The molecule has 1 aromatic rings. The Morgan fingerprint density at radius 2 is 2.58 bits per heavy atom. The largest absolute Gasteiger partial charge is 0.299 e. The van der Waals surface area contributed by atoms with Crippen LogP contribution in [0.2, 0.25) is 0 Å². The molecule has 0 radical (unpaired) electrons. The molecule has 4 heteroatoms. The molecule has 0 fully saturated rings. The summed E-state index contributed by atoms with van der Waals surface area (Å²) in [6.07, 6.45) is 2.95. The summed E-state index contributed by atoms with van der Waals surface area (Å²) in [4.78, 5) is 16.3. The molecule has 0 aliphatic carbocycles. The highest BCUT2D eigenvalue weighted by Crippen LogP contribution is 2.12. The van der Waals surface area contributed by atoms with Crippen LogP contribution in [0.15, 0.2) is 10.9 Å². The van der Waals surface area contributed by atoms with Crippen LogP contribution >= 0.6 is 11.3 Å². The van der Waals surface area contributed by atoms with Gasteiger partial charge in [0.2, 0.25) is 6.41 Å². The smallest absolute Gasteiger partial charge is 0.215 e. The molecular weight excluding hydrogens is 172 g/mol. The van der Waals surface area contributed by atoms with Gasteiger partial charge in [0.05, 0.1) is 5.51 Å². The van der Waals surface area contributed by atoms with Gasteiger partial charge in [-0.05, 0) is 6.42 Å². The SMILES string of the molecule is CCCCN(C=O)c1cscn1. The van der Waals surface area contributed by atoms with E-state index in [4.69, 9.17) is 0 Å². The van der Waals surface area contributed by atoms with Crippen molar-refractivity contribution in [3.8, 4) is 0 Å². The molecule has 0 N–H and O–H groups in total. The summed E-state index contributed by atoms with van der Waals surface area (Å²) >= 11 is 1.51. The van der Waals surface area contributed by atoms with Crippen molar-refractivity contribution in [2.75, 3.05) is 11.4 Å². The van der Waals surface area contributed by atoms with Gasteiger partial charge in [0.1, 0.15) is 5.82 Å². The molecule has 1 aromatic heterocycles. The molecule has 0 aliphatic rings. The number of anilines is 1. The summed E-state index contributed by atoms with van der Waals surface area (Å²) in [7, 11) is 0. The predicted octanol–water partition coefficient (Wildman–Crippen LogP) is 1.91. The first-order valence-electron chi connectivity index (χ1n) is 3.98. The normalized spacial score (nSPS) is 9.75. The fourth-order valence-corrected chi connectivity index (χ4v) is 1.45. The van der Waals surface area contributed by atoms with Gasteiger partial charge in [-0.15, -0.1) is 11.3 Å². The highest BCUT2D eigenvalue weighted by Gasteiger charge is 2.04. The Labute approximate surface area is 76.0 Å². The number of hydrogen-bond acceptors (Lipinski definition) is 3. The maximum Gasteiger partial charge on any atom is 0.215 e. The first-order chi connectivity index (χ1) is 5.88. The topological polar surface area (TPSA) is 33.2 Å². The summed E-state index contributed by atoms with van der Waals surface area (Å²) in [5.41, 5.74) is 1.73. The fourth-order valence-electron chi connectivity index (χ4n) is 0.898. The maximum atomic E-state index is 10.6. The van der Waals surface area contributed by atoms with Gasteiger partial charge >= 0.3 is 0 Å². The quantitative estimate of drug-likeness (QED) is 0.655. The number of thiazole rings is 1. The van der Waals surface area contributed by atoms with Crippen LogP contribution in [-0.4, -0.2) is 17.9 Å². The highest BCUT2D eigenvalue weighted by molar-refractivity contribution is 7.07. The Bertz CT molecular complexity index is 223. The van der Waals surface area contributed by atoms with E-state index in [9.17, 15) is 4.79 Å².